The minimum atomic E-state index is -1.58. The van der Waals surface area contributed by atoms with Gasteiger partial charge in [0.15, 0.2) is 0 Å². The van der Waals surface area contributed by atoms with Crippen LogP contribution >= 0.6 is 0 Å². The fourth-order valence-electron chi connectivity index (χ4n) is 2.96. The molecular formula is C18H10O8. The number of hydrogen-bond donors (Lipinski definition) is 4. The van der Waals surface area contributed by atoms with Crippen molar-refractivity contribution in [2.75, 3.05) is 0 Å². The van der Waals surface area contributed by atoms with E-state index in [2.05, 4.69) is 0 Å². The Kier molecular flexibility index (Phi) is 3.80. The summed E-state index contributed by atoms with van der Waals surface area (Å²) in [5, 5.41) is 37.9. The van der Waals surface area contributed by atoms with Gasteiger partial charge in [0.25, 0.3) is 0 Å². The van der Waals surface area contributed by atoms with Crippen molar-refractivity contribution in [1.29, 1.82) is 0 Å². The fourth-order valence-corrected chi connectivity index (χ4v) is 2.96. The molecule has 0 aliphatic carbocycles. The van der Waals surface area contributed by atoms with Crippen molar-refractivity contribution in [1.82, 2.24) is 0 Å². The van der Waals surface area contributed by atoms with Gasteiger partial charge in [0.2, 0.25) is 0 Å². The Bertz CT molecular complexity index is 1140. The molecule has 0 heterocycles. The summed E-state index contributed by atoms with van der Waals surface area (Å²) in [6, 6.07) is 7.64. The van der Waals surface area contributed by atoms with E-state index >= 15 is 0 Å². The number of aromatic carboxylic acids is 4. The SMILES string of the molecule is O=C(O)c1cc(C(=O)O)c2cc3c(C(=O)O)cccc3cc2c1C(=O)O. The van der Waals surface area contributed by atoms with Crippen molar-refractivity contribution >= 4 is 45.4 Å². The highest BCUT2D eigenvalue weighted by atomic mass is 16.4. The van der Waals surface area contributed by atoms with E-state index in [-0.39, 0.29) is 21.7 Å². The molecule has 0 amide bonds. The van der Waals surface area contributed by atoms with Crippen molar-refractivity contribution < 1.29 is 39.6 Å². The first-order valence-electron chi connectivity index (χ1n) is 7.19. The van der Waals surface area contributed by atoms with Crippen LogP contribution in [0.5, 0.6) is 0 Å². The largest absolute Gasteiger partial charge is 0.478 e. The maximum absolute atomic E-state index is 11.6. The smallest absolute Gasteiger partial charge is 0.337 e. The Morgan fingerprint density at radius 1 is 0.577 bits per heavy atom. The van der Waals surface area contributed by atoms with Gasteiger partial charge in [0.05, 0.1) is 22.3 Å². The van der Waals surface area contributed by atoms with Crippen LogP contribution < -0.4 is 0 Å². The van der Waals surface area contributed by atoms with Gasteiger partial charge in [-0.2, -0.15) is 0 Å². The lowest BCUT2D eigenvalue weighted by atomic mass is 9.91. The average molecular weight is 354 g/mol. The molecule has 0 unspecified atom stereocenters. The van der Waals surface area contributed by atoms with Gasteiger partial charge in [0, 0.05) is 0 Å². The summed E-state index contributed by atoms with van der Waals surface area (Å²) in [4.78, 5) is 46.0. The van der Waals surface area contributed by atoms with Gasteiger partial charge in [-0.15, -0.1) is 0 Å². The van der Waals surface area contributed by atoms with Crippen molar-refractivity contribution in [3.05, 3.63) is 58.7 Å². The van der Waals surface area contributed by atoms with Crippen LogP contribution in [-0.2, 0) is 0 Å². The number of carbonyl (C=O) groups is 4. The molecule has 0 aliphatic heterocycles. The lowest BCUT2D eigenvalue weighted by molar-refractivity contribution is 0.0651. The molecule has 0 spiro atoms. The summed E-state index contributed by atoms with van der Waals surface area (Å²) in [6.45, 7) is 0. The molecule has 130 valence electrons. The normalized spacial score (nSPS) is 10.8. The van der Waals surface area contributed by atoms with E-state index in [1.54, 1.807) is 0 Å². The van der Waals surface area contributed by atoms with E-state index in [1.807, 2.05) is 0 Å². The number of fused-ring (bicyclic) bond motifs is 2. The molecule has 8 heteroatoms. The van der Waals surface area contributed by atoms with Crippen molar-refractivity contribution in [3.8, 4) is 0 Å². The quantitative estimate of drug-likeness (QED) is 0.522. The predicted molar refractivity (Wildman–Crippen MR) is 89.3 cm³/mol. The second-order valence-corrected chi connectivity index (χ2v) is 5.49. The lowest BCUT2D eigenvalue weighted by Gasteiger charge is -2.12. The zero-order chi connectivity index (χ0) is 19.2. The van der Waals surface area contributed by atoms with Crippen LogP contribution in [0.1, 0.15) is 41.4 Å². The molecule has 3 aromatic rings. The Balaban J connectivity index is 2.62. The highest BCUT2D eigenvalue weighted by Crippen LogP contribution is 2.32. The van der Waals surface area contributed by atoms with Crippen LogP contribution in [0.25, 0.3) is 21.5 Å². The first-order valence-corrected chi connectivity index (χ1v) is 7.19. The fraction of sp³-hybridized carbons (Fsp3) is 0. The van der Waals surface area contributed by atoms with Gasteiger partial charge >= 0.3 is 23.9 Å². The van der Waals surface area contributed by atoms with E-state index in [4.69, 9.17) is 0 Å². The maximum atomic E-state index is 11.6. The van der Waals surface area contributed by atoms with Crippen LogP contribution in [0.2, 0.25) is 0 Å². The molecule has 0 atom stereocenters. The van der Waals surface area contributed by atoms with E-state index in [1.165, 1.54) is 30.3 Å². The lowest BCUT2D eigenvalue weighted by Crippen LogP contribution is -2.12. The molecule has 8 nitrogen and oxygen atoms in total. The first kappa shape index (κ1) is 16.9. The molecule has 0 saturated heterocycles. The third kappa shape index (κ3) is 2.49. The van der Waals surface area contributed by atoms with Gasteiger partial charge in [-0.3, -0.25) is 0 Å². The molecular weight excluding hydrogens is 344 g/mol. The Labute approximate surface area is 144 Å². The zero-order valence-corrected chi connectivity index (χ0v) is 12.9. The molecule has 0 fully saturated rings. The number of carboxylic acids is 4. The van der Waals surface area contributed by atoms with E-state index in [0.717, 1.165) is 6.07 Å². The molecule has 3 rings (SSSR count). The van der Waals surface area contributed by atoms with E-state index in [9.17, 15) is 39.6 Å². The minimum absolute atomic E-state index is 0.0545. The average Bonchev–Trinajstić information content (AvgIpc) is 2.57. The second kappa shape index (κ2) is 5.85. The highest BCUT2D eigenvalue weighted by molar-refractivity contribution is 6.20. The summed E-state index contributed by atoms with van der Waals surface area (Å²) in [6.07, 6.45) is 0. The van der Waals surface area contributed by atoms with Crippen molar-refractivity contribution in [3.63, 3.8) is 0 Å². The number of carboxylic acid groups (broad SMARTS) is 4. The third-order valence-corrected chi connectivity index (χ3v) is 4.04. The van der Waals surface area contributed by atoms with Crippen LogP contribution in [0, 0.1) is 0 Å². The molecule has 0 aromatic heterocycles. The monoisotopic (exact) mass is 354 g/mol. The molecule has 3 aromatic carbocycles. The van der Waals surface area contributed by atoms with Crippen molar-refractivity contribution in [2.45, 2.75) is 0 Å². The van der Waals surface area contributed by atoms with E-state index in [0.29, 0.717) is 5.39 Å². The standard InChI is InChI=1S/C18H10O8/c19-15(20)8-3-1-2-7-4-11-10(5-9(7)8)12(16(21)22)6-13(17(23)24)14(11)18(25)26/h1-6H,(H,19,20)(H,21,22)(H,23,24)(H,25,26). The predicted octanol–water partition coefficient (Wildman–Crippen LogP) is 2.79. The maximum Gasteiger partial charge on any atom is 0.337 e. The number of benzene rings is 3. The molecule has 4 N–H and O–H groups in total. The summed E-state index contributed by atoms with van der Waals surface area (Å²) in [7, 11) is 0. The Morgan fingerprint density at radius 2 is 1.19 bits per heavy atom. The highest BCUT2D eigenvalue weighted by Gasteiger charge is 2.25. The molecule has 26 heavy (non-hydrogen) atoms. The summed E-state index contributed by atoms with van der Waals surface area (Å²) in [5.41, 5.74) is -1.72. The van der Waals surface area contributed by atoms with Crippen LogP contribution in [0.4, 0.5) is 0 Å². The summed E-state index contributed by atoms with van der Waals surface area (Å²) >= 11 is 0. The van der Waals surface area contributed by atoms with Gasteiger partial charge in [0.1, 0.15) is 0 Å². The van der Waals surface area contributed by atoms with Gasteiger partial charge in [-0.1, -0.05) is 12.1 Å². The van der Waals surface area contributed by atoms with Crippen LogP contribution in [-0.4, -0.2) is 44.3 Å². The second-order valence-electron chi connectivity index (χ2n) is 5.49. The molecule has 0 aliphatic rings. The Morgan fingerprint density at radius 3 is 1.73 bits per heavy atom. The summed E-state index contributed by atoms with van der Waals surface area (Å²) in [5.74, 6) is -5.79. The van der Waals surface area contributed by atoms with Crippen LogP contribution in [0.3, 0.4) is 0 Å². The summed E-state index contributed by atoms with van der Waals surface area (Å²) < 4.78 is 0. The van der Waals surface area contributed by atoms with Crippen molar-refractivity contribution in [2.24, 2.45) is 0 Å². The Hall–Kier alpha value is -3.94. The molecule has 0 bridgehead atoms. The third-order valence-electron chi connectivity index (χ3n) is 4.04. The van der Waals surface area contributed by atoms with Crippen LogP contribution in [0.15, 0.2) is 36.4 Å². The molecule has 0 radical (unpaired) electrons. The zero-order valence-electron chi connectivity index (χ0n) is 12.9. The number of hydrogen-bond acceptors (Lipinski definition) is 4. The van der Waals surface area contributed by atoms with Gasteiger partial charge in [-0.05, 0) is 45.8 Å². The minimum Gasteiger partial charge on any atom is -0.478 e. The van der Waals surface area contributed by atoms with Gasteiger partial charge < -0.3 is 20.4 Å². The molecule has 0 saturated carbocycles. The number of rotatable bonds is 4. The van der Waals surface area contributed by atoms with E-state index < -0.39 is 40.6 Å². The topological polar surface area (TPSA) is 149 Å². The van der Waals surface area contributed by atoms with Gasteiger partial charge in [-0.25, -0.2) is 19.2 Å². The first-order chi connectivity index (χ1) is 12.2.